The third kappa shape index (κ3) is 6.27. The number of carbonyl (C=O) groups is 2. The Bertz CT molecular complexity index is 1070. The van der Waals surface area contributed by atoms with Crippen LogP contribution >= 0.6 is 0 Å². The zero-order chi connectivity index (χ0) is 22.3. The van der Waals surface area contributed by atoms with E-state index < -0.39 is 29.7 Å². The molecule has 1 unspecified atom stereocenters. The molecular formula is C23H17F3N2O3. The fraction of sp³-hybridized carbons (Fsp3) is 0.0870. The lowest BCUT2D eigenvalue weighted by Gasteiger charge is -2.18. The van der Waals surface area contributed by atoms with Crippen LogP contribution in [0.4, 0.5) is 18.9 Å². The number of aromatic nitrogens is 1. The highest BCUT2D eigenvalue weighted by Gasteiger charge is 2.31. The predicted octanol–water partition coefficient (Wildman–Crippen LogP) is 5.04. The number of nitrogens with one attached hydrogen (secondary N) is 1. The number of esters is 1. The maximum atomic E-state index is 12.9. The lowest BCUT2D eigenvalue weighted by Crippen LogP contribution is -2.25. The third-order valence-corrected chi connectivity index (χ3v) is 4.11. The molecule has 2 aromatic carbocycles. The highest BCUT2D eigenvalue weighted by atomic mass is 19.4. The van der Waals surface area contributed by atoms with Gasteiger partial charge in [-0.15, -0.1) is 0 Å². The van der Waals surface area contributed by atoms with Crippen molar-refractivity contribution in [3.05, 3.63) is 102 Å². The van der Waals surface area contributed by atoms with Gasteiger partial charge < -0.3 is 10.1 Å². The first kappa shape index (κ1) is 21.8. The molecule has 3 aromatic rings. The van der Waals surface area contributed by atoms with E-state index in [4.69, 9.17) is 4.74 Å². The quantitative estimate of drug-likeness (QED) is 0.443. The molecule has 5 nitrogen and oxygen atoms in total. The molecule has 8 heteroatoms. The average Bonchev–Trinajstić information content (AvgIpc) is 2.77. The first-order valence-corrected chi connectivity index (χ1v) is 9.16. The largest absolute Gasteiger partial charge is 0.444 e. The lowest BCUT2D eigenvalue weighted by molar-refractivity contribution is -0.149. The Morgan fingerprint density at radius 2 is 1.71 bits per heavy atom. The second-order valence-electron chi connectivity index (χ2n) is 6.38. The van der Waals surface area contributed by atoms with Gasteiger partial charge in [0.2, 0.25) is 6.10 Å². The van der Waals surface area contributed by atoms with Crippen molar-refractivity contribution < 1.29 is 27.5 Å². The zero-order valence-electron chi connectivity index (χ0n) is 16.0. The fourth-order valence-corrected chi connectivity index (χ4v) is 2.67. The maximum absolute atomic E-state index is 12.9. The summed E-state index contributed by atoms with van der Waals surface area (Å²) >= 11 is 0. The summed E-state index contributed by atoms with van der Waals surface area (Å²) in [6, 6.07) is 17.5. The molecule has 158 valence electrons. The topological polar surface area (TPSA) is 68.3 Å². The van der Waals surface area contributed by atoms with Crippen LogP contribution in [0.15, 0.2) is 85.1 Å². The Morgan fingerprint density at radius 3 is 2.39 bits per heavy atom. The van der Waals surface area contributed by atoms with Crippen LogP contribution in [0.25, 0.3) is 6.08 Å². The van der Waals surface area contributed by atoms with Gasteiger partial charge in [0.1, 0.15) is 0 Å². The van der Waals surface area contributed by atoms with Crippen molar-refractivity contribution in [2.45, 2.75) is 12.3 Å². The molecule has 0 radical (unpaired) electrons. The molecule has 1 amide bonds. The summed E-state index contributed by atoms with van der Waals surface area (Å²) in [5.41, 5.74) is -0.0895. The number of rotatable bonds is 6. The minimum absolute atomic E-state index is 0.0687. The monoisotopic (exact) mass is 426 g/mol. The first-order valence-electron chi connectivity index (χ1n) is 9.16. The summed E-state index contributed by atoms with van der Waals surface area (Å²) in [6.45, 7) is 0. The van der Waals surface area contributed by atoms with Crippen molar-refractivity contribution in [3.63, 3.8) is 0 Å². The molecule has 0 aliphatic carbocycles. The van der Waals surface area contributed by atoms with Crippen LogP contribution in [-0.4, -0.2) is 16.9 Å². The predicted molar refractivity (Wildman–Crippen MR) is 109 cm³/mol. The van der Waals surface area contributed by atoms with Gasteiger partial charge in [0.05, 0.1) is 11.3 Å². The number of ether oxygens (including phenoxy) is 1. The van der Waals surface area contributed by atoms with Crippen LogP contribution < -0.4 is 5.32 Å². The number of carbonyl (C=O) groups excluding carboxylic acids is 2. The molecule has 0 aliphatic rings. The van der Waals surface area contributed by atoms with Crippen LogP contribution in [0.5, 0.6) is 0 Å². The highest BCUT2D eigenvalue weighted by Crippen LogP contribution is 2.31. The third-order valence-electron chi connectivity index (χ3n) is 4.11. The van der Waals surface area contributed by atoms with Crippen molar-refractivity contribution in [1.29, 1.82) is 0 Å². The van der Waals surface area contributed by atoms with Crippen LogP contribution in [0, 0.1) is 0 Å². The number of hydrogen-bond donors (Lipinski definition) is 1. The Labute approximate surface area is 176 Å². The molecule has 1 atom stereocenters. The summed E-state index contributed by atoms with van der Waals surface area (Å²) in [5.74, 6) is -1.59. The summed E-state index contributed by atoms with van der Waals surface area (Å²) in [7, 11) is 0. The molecule has 1 aromatic heterocycles. The molecular weight excluding hydrogens is 409 g/mol. The first-order chi connectivity index (χ1) is 14.8. The number of nitrogens with zero attached hydrogens (tertiary/aromatic N) is 1. The second-order valence-corrected chi connectivity index (χ2v) is 6.38. The number of hydrogen-bond acceptors (Lipinski definition) is 4. The molecule has 3 rings (SSSR count). The van der Waals surface area contributed by atoms with Gasteiger partial charge in [0.25, 0.3) is 5.91 Å². The fourth-order valence-electron chi connectivity index (χ4n) is 2.67. The van der Waals surface area contributed by atoms with Crippen LogP contribution in [0.2, 0.25) is 0 Å². The molecule has 0 aliphatic heterocycles. The van der Waals surface area contributed by atoms with Crippen molar-refractivity contribution >= 4 is 23.6 Å². The van der Waals surface area contributed by atoms with E-state index >= 15 is 0 Å². The Balaban J connectivity index is 1.78. The van der Waals surface area contributed by atoms with Crippen molar-refractivity contribution in [2.75, 3.05) is 5.32 Å². The van der Waals surface area contributed by atoms with E-state index in [1.807, 2.05) is 0 Å². The number of halogens is 3. The van der Waals surface area contributed by atoms with E-state index in [1.165, 1.54) is 18.2 Å². The number of amides is 1. The van der Waals surface area contributed by atoms with Crippen LogP contribution in [0.3, 0.4) is 0 Å². The molecule has 1 heterocycles. The standard InChI is InChI=1S/C23H17F3N2O3/c24-23(25,26)17-9-6-11-19(15-17)28-22(30)21(16-7-2-1-3-8-16)31-20(29)13-12-18-10-4-5-14-27-18/h1-15,21H,(H,28,30). The normalized spacial score (nSPS) is 12.4. The average molecular weight is 426 g/mol. The molecule has 0 spiro atoms. The van der Waals surface area contributed by atoms with E-state index in [2.05, 4.69) is 10.3 Å². The van der Waals surface area contributed by atoms with Gasteiger partial charge in [-0.2, -0.15) is 13.2 Å². The van der Waals surface area contributed by atoms with Crippen molar-refractivity contribution in [3.8, 4) is 0 Å². The van der Waals surface area contributed by atoms with E-state index in [0.29, 0.717) is 11.3 Å². The van der Waals surface area contributed by atoms with Gasteiger partial charge in [-0.05, 0) is 36.4 Å². The minimum atomic E-state index is -4.55. The summed E-state index contributed by atoms with van der Waals surface area (Å²) < 4.78 is 44.1. The molecule has 1 N–H and O–H groups in total. The minimum Gasteiger partial charge on any atom is -0.444 e. The van der Waals surface area contributed by atoms with Gasteiger partial charge >= 0.3 is 12.1 Å². The lowest BCUT2D eigenvalue weighted by atomic mass is 10.1. The van der Waals surface area contributed by atoms with Crippen LogP contribution in [-0.2, 0) is 20.5 Å². The van der Waals surface area contributed by atoms with E-state index in [9.17, 15) is 22.8 Å². The highest BCUT2D eigenvalue weighted by molar-refractivity contribution is 5.97. The van der Waals surface area contributed by atoms with Gasteiger partial charge in [-0.1, -0.05) is 42.5 Å². The molecule has 0 fully saturated rings. The van der Waals surface area contributed by atoms with Crippen molar-refractivity contribution in [1.82, 2.24) is 4.98 Å². The number of benzene rings is 2. The summed E-state index contributed by atoms with van der Waals surface area (Å²) in [5, 5.41) is 2.38. The maximum Gasteiger partial charge on any atom is 0.416 e. The number of alkyl halides is 3. The second kappa shape index (κ2) is 9.71. The van der Waals surface area contributed by atoms with E-state index in [0.717, 1.165) is 18.2 Å². The van der Waals surface area contributed by atoms with Gasteiger partial charge in [-0.25, -0.2) is 4.79 Å². The molecule has 0 bridgehead atoms. The van der Waals surface area contributed by atoms with Gasteiger partial charge in [-0.3, -0.25) is 9.78 Å². The molecule has 31 heavy (non-hydrogen) atoms. The Kier molecular flexibility index (Phi) is 6.81. The van der Waals surface area contributed by atoms with Crippen LogP contribution in [0.1, 0.15) is 22.9 Å². The Hall–Kier alpha value is -3.94. The van der Waals surface area contributed by atoms with Gasteiger partial charge in [0, 0.05) is 23.5 Å². The Morgan fingerprint density at radius 1 is 0.968 bits per heavy atom. The van der Waals surface area contributed by atoms with E-state index in [1.54, 1.807) is 54.7 Å². The molecule has 0 saturated carbocycles. The van der Waals surface area contributed by atoms with Crippen molar-refractivity contribution in [2.24, 2.45) is 0 Å². The number of pyridine rings is 1. The SMILES string of the molecule is O=C(C=Cc1ccccn1)OC(C(=O)Nc1cccc(C(F)(F)F)c1)c1ccccc1. The molecule has 0 saturated heterocycles. The van der Waals surface area contributed by atoms with Gasteiger partial charge in [0.15, 0.2) is 0 Å². The summed E-state index contributed by atoms with van der Waals surface area (Å²) in [6.07, 6.45) is -1.82. The number of anilines is 1. The summed E-state index contributed by atoms with van der Waals surface area (Å²) in [4.78, 5) is 29.1. The van der Waals surface area contributed by atoms with E-state index in [-0.39, 0.29) is 5.69 Å². The zero-order valence-corrected chi connectivity index (χ0v) is 16.0. The smallest absolute Gasteiger partial charge is 0.416 e.